The van der Waals surface area contributed by atoms with Crippen molar-refractivity contribution in [1.29, 1.82) is 0 Å². The fourth-order valence-electron chi connectivity index (χ4n) is 2.39. The van der Waals surface area contributed by atoms with Gasteiger partial charge in [0, 0.05) is 18.7 Å². The maximum Gasteiger partial charge on any atom is 0.339 e. The van der Waals surface area contributed by atoms with Gasteiger partial charge < -0.3 is 14.7 Å². The number of amides is 1. The summed E-state index contributed by atoms with van der Waals surface area (Å²) in [5, 5.41) is 9.10. The molecule has 1 heterocycles. The summed E-state index contributed by atoms with van der Waals surface area (Å²) in [4.78, 5) is 25.3. The number of hydrogen-bond acceptors (Lipinski definition) is 3. The van der Waals surface area contributed by atoms with Crippen LogP contribution in [-0.4, -0.2) is 41.6 Å². The van der Waals surface area contributed by atoms with Crippen LogP contribution in [0.5, 0.6) is 5.75 Å². The van der Waals surface area contributed by atoms with Gasteiger partial charge in [0.25, 0.3) is 5.91 Å². The van der Waals surface area contributed by atoms with Gasteiger partial charge in [-0.05, 0) is 44.4 Å². The van der Waals surface area contributed by atoms with Gasteiger partial charge >= 0.3 is 5.97 Å². The molecule has 1 amide bonds. The van der Waals surface area contributed by atoms with Crippen molar-refractivity contribution in [2.45, 2.75) is 26.2 Å². The number of hydrogen-bond donors (Lipinski definition) is 1. The third kappa shape index (κ3) is 3.10. The summed E-state index contributed by atoms with van der Waals surface area (Å²) in [5.41, 5.74) is 0.572. The van der Waals surface area contributed by atoms with Crippen molar-refractivity contribution >= 4 is 11.9 Å². The van der Waals surface area contributed by atoms with Gasteiger partial charge in [0.15, 0.2) is 0 Å². The Morgan fingerprint density at radius 3 is 2.55 bits per heavy atom. The first-order valence-electron chi connectivity index (χ1n) is 6.93. The summed E-state index contributed by atoms with van der Waals surface area (Å²) in [6.45, 7) is 3.68. The molecule has 0 atom stereocenters. The van der Waals surface area contributed by atoms with Crippen LogP contribution in [-0.2, 0) is 0 Å². The molecule has 0 unspecified atom stereocenters. The van der Waals surface area contributed by atoms with Crippen LogP contribution in [0.4, 0.5) is 0 Å². The molecule has 0 radical (unpaired) electrons. The van der Waals surface area contributed by atoms with Crippen LogP contribution in [0.3, 0.4) is 0 Å². The molecule has 108 valence electrons. The number of ether oxygens (including phenoxy) is 1. The average Bonchev–Trinajstić information content (AvgIpc) is 2.47. The molecule has 1 N–H and O–H groups in total. The quantitative estimate of drug-likeness (QED) is 0.917. The van der Waals surface area contributed by atoms with Crippen molar-refractivity contribution in [3.63, 3.8) is 0 Å². The van der Waals surface area contributed by atoms with Gasteiger partial charge in [0.1, 0.15) is 11.3 Å². The van der Waals surface area contributed by atoms with Gasteiger partial charge in [-0.2, -0.15) is 0 Å². The highest BCUT2D eigenvalue weighted by Crippen LogP contribution is 2.22. The minimum atomic E-state index is -1.05. The largest absolute Gasteiger partial charge is 0.493 e. The molecule has 20 heavy (non-hydrogen) atoms. The smallest absolute Gasteiger partial charge is 0.339 e. The van der Waals surface area contributed by atoms with Crippen LogP contribution in [0.2, 0.25) is 0 Å². The summed E-state index contributed by atoms with van der Waals surface area (Å²) in [6.07, 6.45) is 3.21. The van der Waals surface area contributed by atoms with Gasteiger partial charge in [-0.1, -0.05) is 0 Å². The average molecular weight is 277 g/mol. The van der Waals surface area contributed by atoms with E-state index in [0.717, 1.165) is 32.4 Å². The maximum atomic E-state index is 12.4. The topological polar surface area (TPSA) is 66.8 Å². The lowest BCUT2D eigenvalue weighted by Gasteiger charge is -2.27. The number of carbonyl (C=O) groups is 2. The standard InChI is InChI=1S/C15H19NO4/c1-2-20-13-10-11(6-7-12(13)15(18)19)14(17)16-8-4-3-5-9-16/h6-7,10H,2-5,8-9H2,1H3,(H,18,19). The van der Waals surface area contributed by atoms with Crippen LogP contribution in [0.1, 0.15) is 46.9 Å². The van der Waals surface area contributed by atoms with E-state index in [-0.39, 0.29) is 17.2 Å². The minimum absolute atomic E-state index is 0.0532. The first kappa shape index (κ1) is 14.4. The Bertz CT molecular complexity index is 507. The molecule has 5 heteroatoms. The van der Waals surface area contributed by atoms with E-state index in [1.54, 1.807) is 13.0 Å². The highest BCUT2D eigenvalue weighted by molar-refractivity contribution is 5.97. The van der Waals surface area contributed by atoms with Crippen LogP contribution >= 0.6 is 0 Å². The van der Waals surface area contributed by atoms with E-state index in [2.05, 4.69) is 0 Å². The fourth-order valence-corrected chi connectivity index (χ4v) is 2.39. The molecule has 0 bridgehead atoms. The Hall–Kier alpha value is -2.04. The molecule has 1 aromatic carbocycles. The van der Waals surface area contributed by atoms with Crippen molar-refractivity contribution in [1.82, 2.24) is 4.90 Å². The van der Waals surface area contributed by atoms with E-state index in [4.69, 9.17) is 9.84 Å². The first-order chi connectivity index (χ1) is 9.63. The number of nitrogens with zero attached hydrogens (tertiary/aromatic N) is 1. The summed E-state index contributed by atoms with van der Waals surface area (Å²) in [5.74, 6) is -0.851. The second-order valence-electron chi connectivity index (χ2n) is 4.80. The SMILES string of the molecule is CCOc1cc(C(=O)N2CCCCC2)ccc1C(=O)O. The molecule has 0 aliphatic carbocycles. The zero-order chi connectivity index (χ0) is 14.5. The van der Waals surface area contributed by atoms with E-state index in [1.165, 1.54) is 12.1 Å². The van der Waals surface area contributed by atoms with Gasteiger partial charge in [-0.3, -0.25) is 4.79 Å². The fraction of sp³-hybridized carbons (Fsp3) is 0.467. The summed E-state index contributed by atoms with van der Waals surface area (Å²) < 4.78 is 5.32. The molecule has 5 nitrogen and oxygen atoms in total. The van der Waals surface area contributed by atoms with E-state index in [9.17, 15) is 9.59 Å². The van der Waals surface area contributed by atoms with Crippen LogP contribution in [0.15, 0.2) is 18.2 Å². The van der Waals surface area contributed by atoms with Gasteiger partial charge in [-0.15, -0.1) is 0 Å². The zero-order valence-electron chi connectivity index (χ0n) is 11.6. The Labute approximate surface area is 118 Å². The lowest BCUT2D eigenvalue weighted by atomic mass is 10.1. The van der Waals surface area contributed by atoms with Crippen LogP contribution in [0.25, 0.3) is 0 Å². The van der Waals surface area contributed by atoms with E-state index < -0.39 is 5.97 Å². The van der Waals surface area contributed by atoms with E-state index in [1.807, 2.05) is 4.90 Å². The second-order valence-corrected chi connectivity index (χ2v) is 4.80. The number of carboxylic acid groups (broad SMARTS) is 1. The number of likely N-dealkylation sites (tertiary alicyclic amines) is 1. The van der Waals surface area contributed by atoms with Gasteiger partial charge in [0.2, 0.25) is 0 Å². The Kier molecular flexibility index (Phi) is 4.61. The number of benzene rings is 1. The van der Waals surface area contributed by atoms with Gasteiger partial charge in [-0.25, -0.2) is 4.79 Å². The molecule has 1 aromatic rings. The molecule has 0 aromatic heterocycles. The minimum Gasteiger partial charge on any atom is -0.493 e. The molecule has 2 rings (SSSR count). The monoisotopic (exact) mass is 277 g/mol. The van der Waals surface area contributed by atoms with Crippen molar-refractivity contribution in [3.05, 3.63) is 29.3 Å². The number of aromatic carboxylic acids is 1. The summed E-state index contributed by atoms with van der Waals surface area (Å²) in [7, 11) is 0. The van der Waals surface area contributed by atoms with E-state index >= 15 is 0 Å². The molecule has 1 fully saturated rings. The number of rotatable bonds is 4. The molecule has 1 aliphatic rings. The third-order valence-corrected chi connectivity index (χ3v) is 3.40. The maximum absolute atomic E-state index is 12.4. The second kappa shape index (κ2) is 6.41. The molecule has 0 saturated carbocycles. The number of carbonyl (C=O) groups excluding carboxylic acids is 1. The first-order valence-corrected chi connectivity index (χ1v) is 6.93. The normalized spacial score (nSPS) is 14.9. The predicted octanol–water partition coefficient (Wildman–Crippen LogP) is 2.41. The zero-order valence-corrected chi connectivity index (χ0v) is 11.6. The van der Waals surface area contributed by atoms with Crippen LogP contribution in [0, 0.1) is 0 Å². The lowest BCUT2D eigenvalue weighted by Crippen LogP contribution is -2.35. The Morgan fingerprint density at radius 1 is 1.25 bits per heavy atom. The highest BCUT2D eigenvalue weighted by Gasteiger charge is 2.20. The molecular weight excluding hydrogens is 258 g/mol. The molecule has 1 aliphatic heterocycles. The van der Waals surface area contributed by atoms with Crippen LogP contribution < -0.4 is 4.74 Å². The van der Waals surface area contributed by atoms with Crippen molar-refractivity contribution in [3.8, 4) is 5.75 Å². The van der Waals surface area contributed by atoms with Gasteiger partial charge in [0.05, 0.1) is 6.61 Å². The highest BCUT2D eigenvalue weighted by atomic mass is 16.5. The molecule has 1 saturated heterocycles. The molecule has 0 spiro atoms. The Morgan fingerprint density at radius 2 is 1.95 bits per heavy atom. The lowest BCUT2D eigenvalue weighted by molar-refractivity contribution is 0.0686. The van der Waals surface area contributed by atoms with E-state index in [0.29, 0.717) is 12.2 Å². The third-order valence-electron chi connectivity index (χ3n) is 3.40. The summed E-state index contributed by atoms with van der Waals surface area (Å²) >= 11 is 0. The van der Waals surface area contributed by atoms with Crippen molar-refractivity contribution in [2.75, 3.05) is 19.7 Å². The molecular formula is C15H19NO4. The predicted molar refractivity (Wildman–Crippen MR) is 74.3 cm³/mol. The summed E-state index contributed by atoms with van der Waals surface area (Å²) in [6, 6.07) is 4.53. The number of carboxylic acids is 1. The van der Waals surface area contributed by atoms with Crippen molar-refractivity contribution in [2.24, 2.45) is 0 Å². The van der Waals surface area contributed by atoms with Crippen molar-refractivity contribution < 1.29 is 19.4 Å². The Balaban J connectivity index is 2.25. The number of piperidine rings is 1.